The standard InChI is InChI=1S/C19H22N4O2S.HI/c1-21-19(23-14-17-5-3-16(13-20)4-6-17)22-12-11-15-7-9-18(10-8-15)26(2,24)25;/h3-10H,11-12,14H2,1-2H3,(H2,21,22,23);1H. The molecule has 2 aromatic rings. The monoisotopic (exact) mass is 498 g/mol. The normalized spacial score (nSPS) is 11.2. The van der Waals surface area contributed by atoms with Crippen molar-refractivity contribution >= 4 is 39.8 Å². The molecule has 0 aromatic heterocycles. The molecule has 0 atom stereocenters. The van der Waals surface area contributed by atoms with Crippen LogP contribution >= 0.6 is 24.0 Å². The summed E-state index contributed by atoms with van der Waals surface area (Å²) in [5, 5.41) is 15.2. The third-order valence-corrected chi connectivity index (χ3v) is 4.95. The second-order valence-electron chi connectivity index (χ2n) is 5.83. The van der Waals surface area contributed by atoms with Gasteiger partial charge in [-0.05, 0) is 41.8 Å². The smallest absolute Gasteiger partial charge is 0.191 e. The first-order valence-corrected chi connectivity index (χ1v) is 10.0. The highest BCUT2D eigenvalue weighted by molar-refractivity contribution is 14.0. The van der Waals surface area contributed by atoms with Crippen molar-refractivity contribution in [2.45, 2.75) is 17.9 Å². The summed E-state index contributed by atoms with van der Waals surface area (Å²) in [5.74, 6) is 0.683. The van der Waals surface area contributed by atoms with Crippen LogP contribution in [-0.2, 0) is 22.8 Å². The molecule has 0 aliphatic carbocycles. The molecule has 0 unspecified atom stereocenters. The zero-order valence-electron chi connectivity index (χ0n) is 15.3. The third-order valence-electron chi connectivity index (χ3n) is 3.82. The number of benzene rings is 2. The Morgan fingerprint density at radius 3 is 2.15 bits per heavy atom. The predicted octanol–water partition coefficient (Wildman–Crippen LogP) is 2.49. The maximum absolute atomic E-state index is 11.5. The molecule has 0 amide bonds. The van der Waals surface area contributed by atoms with Gasteiger partial charge in [0, 0.05) is 26.4 Å². The SMILES string of the molecule is CN=C(NCCc1ccc(S(C)(=O)=O)cc1)NCc1ccc(C#N)cc1.I. The van der Waals surface area contributed by atoms with E-state index in [2.05, 4.69) is 21.7 Å². The van der Waals surface area contributed by atoms with Gasteiger partial charge in [-0.2, -0.15) is 5.26 Å². The summed E-state index contributed by atoms with van der Waals surface area (Å²) in [6, 6.07) is 16.4. The van der Waals surface area contributed by atoms with Gasteiger partial charge in [0.15, 0.2) is 15.8 Å². The number of hydrogen-bond acceptors (Lipinski definition) is 4. The van der Waals surface area contributed by atoms with Crippen LogP contribution in [0.15, 0.2) is 58.4 Å². The van der Waals surface area contributed by atoms with Gasteiger partial charge in [-0.1, -0.05) is 24.3 Å². The first kappa shape index (κ1) is 22.9. The molecule has 8 heteroatoms. The first-order valence-electron chi connectivity index (χ1n) is 8.15. The minimum Gasteiger partial charge on any atom is -0.356 e. The van der Waals surface area contributed by atoms with Crippen molar-refractivity contribution in [3.8, 4) is 6.07 Å². The molecule has 0 heterocycles. The van der Waals surface area contributed by atoms with Crippen molar-refractivity contribution in [3.05, 3.63) is 65.2 Å². The number of sulfone groups is 1. The lowest BCUT2D eigenvalue weighted by atomic mass is 10.1. The molecule has 0 spiro atoms. The van der Waals surface area contributed by atoms with Crippen LogP contribution in [0.3, 0.4) is 0 Å². The number of nitrogens with one attached hydrogen (secondary N) is 2. The van der Waals surface area contributed by atoms with Crippen LogP contribution in [0.5, 0.6) is 0 Å². The molecular formula is C19H23IN4O2S. The van der Waals surface area contributed by atoms with Gasteiger partial charge in [0.2, 0.25) is 0 Å². The Morgan fingerprint density at radius 1 is 1.04 bits per heavy atom. The van der Waals surface area contributed by atoms with Crippen molar-refractivity contribution in [2.75, 3.05) is 19.8 Å². The summed E-state index contributed by atoms with van der Waals surface area (Å²) >= 11 is 0. The van der Waals surface area contributed by atoms with Crippen molar-refractivity contribution in [3.63, 3.8) is 0 Å². The lowest BCUT2D eigenvalue weighted by Crippen LogP contribution is -2.37. The van der Waals surface area contributed by atoms with Gasteiger partial charge in [-0.3, -0.25) is 4.99 Å². The highest BCUT2D eigenvalue weighted by Crippen LogP contribution is 2.10. The van der Waals surface area contributed by atoms with E-state index in [0.717, 1.165) is 17.5 Å². The summed E-state index contributed by atoms with van der Waals surface area (Å²) in [6.07, 6.45) is 1.95. The van der Waals surface area contributed by atoms with E-state index < -0.39 is 9.84 Å². The molecule has 27 heavy (non-hydrogen) atoms. The van der Waals surface area contributed by atoms with Crippen LogP contribution in [0, 0.1) is 11.3 Å². The Bertz CT molecular complexity index is 902. The summed E-state index contributed by atoms with van der Waals surface area (Å²) < 4.78 is 22.9. The summed E-state index contributed by atoms with van der Waals surface area (Å²) in [4.78, 5) is 4.51. The quantitative estimate of drug-likeness (QED) is 0.363. The van der Waals surface area contributed by atoms with Gasteiger partial charge in [0.25, 0.3) is 0 Å². The molecule has 2 aromatic carbocycles. The molecule has 0 bridgehead atoms. The highest BCUT2D eigenvalue weighted by Gasteiger charge is 2.06. The molecule has 2 rings (SSSR count). The van der Waals surface area contributed by atoms with Crippen LogP contribution in [-0.4, -0.2) is 34.2 Å². The molecule has 0 radical (unpaired) electrons. The molecule has 0 saturated carbocycles. The van der Waals surface area contributed by atoms with E-state index in [4.69, 9.17) is 5.26 Å². The van der Waals surface area contributed by atoms with Gasteiger partial charge in [-0.25, -0.2) is 8.42 Å². The van der Waals surface area contributed by atoms with E-state index in [1.54, 1.807) is 31.3 Å². The lowest BCUT2D eigenvalue weighted by Gasteiger charge is -2.12. The van der Waals surface area contributed by atoms with Gasteiger partial charge in [0.05, 0.1) is 16.5 Å². The fourth-order valence-electron chi connectivity index (χ4n) is 2.33. The van der Waals surface area contributed by atoms with E-state index in [-0.39, 0.29) is 24.0 Å². The lowest BCUT2D eigenvalue weighted by molar-refractivity contribution is 0.602. The van der Waals surface area contributed by atoms with Crippen LogP contribution in [0.1, 0.15) is 16.7 Å². The largest absolute Gasteiger partial charge is 0.356 e. The van der Waals surface area contributed by atoms with E-state index in [1.807, 2.05) is 24.3 Å². The Labute approximate surface area is 177 Å². The molecular weight excluding hydrogens is 475 g/mol. The average molecular weight is 498 g/mol. The summed E-state index contributed by atoms with van der Waals surface area (Å²) in [6.45, 7) is 1.28. The Kier molecular flexibility index (Phi) is 9.25. The van der Waals surface area contributed by atoms with Crippen molar-refractivity contribution in [1.29, 1.82) is 5.26 Å². The summed E-state index contributed by atoms with van der Waals surface area (Å²) in [5.41, 5.74) is 2.74. The Balaban J connectivity index is 0.00000364. The van der Waals surface area contributed by atoms with Gasteiger partial charge in [-0.15, -0.1) is 24.0 Å². The topological polar surface area (TPSA) is 94.3 Å². The maximum Gasteiger partial charge on any atom is 0.191 e. The van der Waals surface area contributed by atoms with Crippen LogP contribution in [0.4, 0.5) is 0 Å². The number of halogens is 1. The van der Waals surface area contributed by atoms with Crippen LogP contribution in [0.2, 0.25) is 0 Å². The van der Waals surface area contributed by atoms with E-state index >= 15 is 0 Å². The molecule has 0 fully saturated rings. The van der Waals surface area contributed by atoms with Crippen molar-refractivity contribution in [2.24, 2.45) is 4.99 Å². The number of aliphatic imine (C=N–C) groups is 1. The highest BCUT2D eigenvalue weighted by atomic mass is 127. The number of hydrogen-bond donors (Lipinski definition) is 2. The molecule has 0 aliphatic rings. The van der Waals surface area contributed by atoms with Crippen LogP contribution in [0.25, 0.3) is 0 Å². The minimum atomic E-state index is -3.16. The summed E-state index contributed by atoms with van der Waals surface area (Å²) in [7, 11) is -1.45. The fraction of sp³-hybridized carbons (Fsp3) is 0.263. The van der Waals surface area contributed by atoms with E-state index in [1.165, 1.54) is 6.26 Å². The van der Waals surface area contributed by atoms with Gasteiger partial charge < -0.3 is 10.6 Å². The van der Waals surface area contributed by atoms with E-state index in [9.17, 15) is 8.42 Å². The molecule has 144 valence electrons. The number of rotatable bonds is 6. The van der Waals surface area contributed by atoms with Gasteiger partial charge >= 0.3 is 0 Å². The zero-order valence-corrected chi connectivity index (χ0v) is 18.4. The zero-order chi connectivity index (χ0) is 19.0. The average Bonchev–Trinajstić information content (AvgIpc) is 2.64. The molecule has 0 saturated heterocycles. The second-order valence-corrected chi connectivity index (χ2v) is 7.84. The molecule has 6 nitrogen and oxygen atoms in total. The van der Waals surface area contributed by atoms with Crippen molar-refractivity contribution in [1.82, 2.24) is 10.6 Å². The molecule has 2 N–H and O–H groups in total. The Morgan fingerprint density at radius 2 is 1.63 bits per heavy atom. The maximum atomic E-state index is 11.5. The van der Waals surface area contributed by atoms with E-state index in [0.29, 0.717) is 29.5 Å². The third kappa shape index (κ3) is 7.56. The minimum absolute atomic E-state index is 0. The first-order chi connectivity index (χ1) is 12.4. The number of nitriles is 1. The predicted molar refractivity (Wildman–Crippen MR) is 118 cm³/mol. The number of guanidine groups is 1. The molecule has 0 aliphatic heterocycles. The second kappa shape index (κ2) is 10.9. The Hall–Kier alpha value is -2.12. The van der Waals surface area contributed by atoms with Crippen molar-refractivity contribution < 1.29 is 8.42 Å². The van der Waals surface area contributed by atoms with Gasteiger partial charge in [0.1, 0.15) is 0 Å². The fourth-order valence-corrected chi connectivity index (χ4v) is 2.96. The number of nitrogens with zero attached hydrogens (tertiary/aromatic N) is 2. The van der Waals surface area contributed by atoms with Crippen LogP contribution < -0.4 is 10.6 Å².